The number of amides is 1. The van der Waals surface area contributed by atoms with Gasteiger partial charge in [-0.2, -0.15) is 0 Å². The van der Waals surface area contributed by atoms with Gasteiger partial charge in [-0.05, 0) is 44.7 Å². The number of ether oxygens (including phenoxy) is 3. The van der Waals surface area contributed by atoms with E-state index in [1.165, 1.54) is 12.8 Å². The summed E-state index contributed by atoms with van der Waals surface area (Å²) in [5, 5.41) is 0. The minimum Gasteiger partial charge on any atom is -0.497 e. The highest BCUT2D eigenvalue weighted by molar-refractivity contribution is 5.98. The molecule has 5 nitrogen and oxygen atoms in total. The van der Waals surface area contributed by atoms with Crippen molar-refractivity contribution in [3.05, 3.63) is 18.2 Å². The van der Waals surface area contributed by atoms with E-state index in [0.717, 1.165) is 18.5 Å². The van der Waals surface area contributed by atoms with Gasteiger partial charge < -0.3 is 19.1 Å². The number of carbonyl (C=O) groups excluding carboxylic acids is 1. The largest absolute Gasteiger partial charge is 0.497 e. The Morgan fingerprint density at radius 2 is 2.12 bits per heavy atom. The van der Waals surface area contributed by atoms with Crippen molar-refractivity contribution in [3.63, 3.8) is 0 Å². The topological polar surface area (TPSA) is 48.0 Å². The Hall–Kier alpha value is -1.75. The monoisotopic (exact) mass is 347 g/mol. The molecule has 0 unspecified atom stereocenters. The van der Waals surface area contributed by atoms with Gasteiger partial charge in [0.25, 0.3) is 5.91 Å². The maximum atomic E-state index is 13.1. The number of benzene rings is 1. The molecule has 0 bridgehead atoms. The van der Waals surface area contributed by atoms with E-state index in [2.05, 4.69) is 6.92 Å². The van der Waals surface area contributed by atoms with Gasteiger partial charge in [-0.3, -0.25) is 4.79 Å². The Balaban J connectivity index is 1.75. The van der Waals surface area contributed by atoms with Gasteiger partial charge in [0.2, 0.25) is 0 Å². The van der Waals surface area contributed by atoms with Gasteiger partial charge in [0.1, 0.15) is 23.7 Å². The van der Waals surface area contributed by atoms with Crippen LogP contribution in [0.2, 0.25) is 0 Å². The number of rotatable bonds is 4. The number of hydrogen-bond donors (Lipinski definition) is 0. The number of methoxy groups -OCH3 is 1. The minimum atomic E-state index is -0.459. The minimum absolute atomic E-state index is 0.0112. The number of carbonyl (C=O) groups is 1. The molecule has 1 aromatic carbocycles. The Morgan fingerprint density at radius 1 is 1.32 bits per heavy atom. The Labute approximate surface area is 150 Å². The molecule has 0 radical (unpaired) electrons. The second-order valence-electron chi connectivity index (χ2n) is 7.38. The lowest BCUT2D eigenvalue weighted by atomic mass is 9.88. The van der Waals surface area contributed by atoms with Crippen molar-refractivity contribution in [3.8, 4) is 11.5 Å². The molecule has 0 aromatic heterocycles. The normalized spacial score (nSPS) is 27.2. The lowest BCUT2D eigenvalue weighted by Gasteiger charge is -2.36. The summed E-state index contributed by atoms with van der Waals surface area (Å²) in [7, 11) is 1.62. The third-order valence-electron chi connectivity index (χ3n) is 5.12. The molecule has 0 spiro atoms. The average Bonchev–Trinajstić information content (AvgIpc) is 2.60. The van der Waals surface area contributed by atoms with Gasteiger partial charge in [-0.25, -0.2) is 0 Å². The van der Waals surface area contributed by atoms with Crippen LogP contribution in [-0.4, -0.2) is 37.9 Å². The first-order chi connectivity index (χ1) is 12.0. The van der Waals surface area contributed by atoms with E-state index >= 15 is 0 Å². The summed E-state index contributed by atoms with van der Waals surface area (Å²) in [6, 6.07) is 5.57. The molecule has 3 rings (SSSR count). The van der Waals surface area contributed by atoms with Crippen LogP contribution in [0.1, 0.15) is 46.5 Å². The summed E-state index contributed by atoms with van der Waals surface area (Å²) >= 11 is 0. The van der Waals surface area contributed by atoms with Crippen molar-refractivity contribution in [1.29, 1.82) is 0 Å². The maximum Gasteiger partial charge on any atom is 0.256 e. The molecule has 1 heterocycles. The van der Waals surface area contributed by atoms with Gasteiger partial charge in [-0.15, -0.1) is 0 Å². The molecule has 1 aromatic rings. The standard InChI is InChI=1S/C20H29NO4/c1-13-6-5-7-17(10-13)25-15(3)20(22)21-12-14(2)24-19-9-8-16(23-4)11-18(19)21/h8-9,11,13-15,17H,5-7,10,12H2,1-4H3/t13-,14-,15+,17-/m1/s1. The Bertz CT molecular complexity index is 618. The first-order valence-corrected chi connectivity index (χ1v) is 9.29. The van der Waals surface area contributed by atoms with Crippen LogP contribution >= 0.6 is 0 Å². The predicted octanol–water partition coefficient (Wildman–Crippen LogP) is 3.79. The molecule has 1 saturated carbocycles. The molecule has 1 aliphatic heterocycles. The van der Waals surface area contributed by atoms with Gasteiger partial charge in [-0.1, -0.05) is 19.8 Å². The van der Waals surface area contributed by atoms with Crippen molar-refractivity contribution in [2.45, 2.75) is 64.8 Å². The number of hydrogen-bond acceptors (Lipinski definition) is 4. The molecule has 0 N–H and O–H groups in total. The first-order valence-electron chi connectivity index (χ1n) is 9.29. The summed E-state index contributed by atoms with van der Waals surface area (Å²) < 4.78 is 17.3. The van der Waals surface area contributed by atoms with E-state index in [4.69, 9.17) is 14.2 Å². The lowest BCUT2D eigenvalue weighted by molar-refractivity contribution is -0.134. The van der Waals surface area contributed by atoms with E-state index in [1.807, 2.05) is 32.0 Å². The molecule has 4 atom stereocenters. The number of fused-ring (bicyclic) bond motifs is 1. The van der Waals surface area contributed by atoms with E-state index < -0.39 is 6.10 Å². The Kier molecular flexibility index (Phi) is 5.52. The van der Waals surface area contributed by atoms with E-state index in [1.54, 1.807) is 12.0 Å². The maximum absolute atomic E-state index is 13.1. The third-order valence-corrected chi connectivity index (χ3v) is 5.12. The van der Waals surface area contributed by atoms with Crippen LogP contribution < -0.4 is 14.4 Å². The van der Waals surface area contributed by atoms with Crippen LogP contribution in [0.15, 0.2) is 18.2 Å². The Morgan fingerprint density at radius 3 is 2.84 bits per heavy atom. The van der Waals surface area contributed by atoms with Crippen molar-refractivity contribution in [1.82, 2.24) is 0 Å². The van der Waals surface area contributed by atoms with Crippen LogP contribution in [0.4, 0.5) is 5.69 Å². The van der Waals surface area contributed by atoms with Crippen LogP contribution in [0, 0.1) is 5.92 Å². The van der Waals surface area contributed by atoms with Crippen molar-refractivity contribution in [2.24, 2.45) is 5.92 Å². The number of anilines is 1. The van der Waals surface area contributed by atoms with Crippen molar-refractivity contribution < 1.29 is 19.0 Å². The fraction of sp³-hybridized carbons (Fsp3) is 0.650. The summed E-state index contributed by atoms with van der Waals surface area (Å²) in [6.07, 6.45) is 4.21. The van der Waals surface area contributed by atoms with E-state index in [0.29, 0.717) is 24.0 Å². The van der Waals surface area contributed by atoms with Crippen LogP contribution in [0.25, 0.3) is 0 Å². The van der Waals surface area contributed by atoms with Gasteiger partial charge in [0, 0.05) is 6.07 Å². The quantitative estimate of drug-likeness (QED) is 0.831. The summed E-state index contributed by atoms with van der Waals surface area (Å²) in [4.78, 5) is 14.8. The third kappa shape index (κ3) is 4.09. The van der Waals surface area contributed by atoms with Crippen LogP contribution in [0.5, 0.6) is 11.5 Å². The number of nitrogens with zero attached hydrogens (tertiary/aromatic N) is 1. The second-order valence-corrected chi connectivity index (χ2v) is 7.38. The summed E-state index contributed by atoms with van der Waals surface area (Å²) in [6.45, 7) is 6.62. The summed E-state index contributed by atoms with van der Waals surface area (Å²) in [5.74, 6) is 2.09. The molecule has 138 valence electrons. The zero-order valence-electron chi connectivity index (χ0n) is 15.7. The first kappa shape index (κ1) is 18.1. The predicted molar refractivity (Wildman–Crippen MR) is 97.4 cm³/mol. The van der Waals surface area contributed by atoms with Gasteiger partial charge in [0.05, 0.1) is 25.4 Å². The van der Waals surface area contributed by atoms with E-state index in [-0.39, 0.29) is 18.1 Å². The molecule has 1 amide bonds. The fourth-order valence-corrected chi connectivity index (χ4v) is 3.82. The fourth-order valence-electron chi connectivity index (χ4n) is 3.82. The lowest BCUT2D eigenvalue weighted by Crippen LogP contribution is -2.47. The zero-order valence-corrected chi connectivity index (χ0v) is 15.7. The average molecular weight is 347 g/mol. The van der Waals surface area contributed by atoms with Gasteiger partial charge in [0.15, 0.2) is 0 Å². The second kappa shape index (κ2) is 7.65. The molecule has 2 aliphatic rings. The molecule has 5 heteroatoms. The molecular weight excluding hydrogens is 318 g/mol. The van der Waals surface area contributed by atoms with Crippen molar-refractivity contribution >= 4 is 11.6 Å². The molecular formula is C20H29NO4. The molecule has 25 heavy (non-hydrogen) atoms. The van der Waals surface area contributed by atoms with Crippen molar-refractivity contribution in [2.75, 3.05) is 18.6 Å². The van der Waals surface area contributed by atoms with E-state index in [9.17, 15) is 4.79 Å². The SMILES string of the molecule is COc1ccc2c(c1)N(C(=O)[C@H](C)O[C@@H]1CCC[C@@H](C)C1)C[C@@H](C)O2. The highest BCUT2D eigenvalue weighted by atomic mass is 16.5. The zero-order chi connectivity index (χ0) is 18.0. The molecule has 1 aliphatic carbocycles. The highest BCUT2D eigenvalue weighted by Gasteiger charge is 2.33. The van der Waals surface area contributed by atoms with Crippen LogP contribution in [-0.2, 0) is 9.53 Å². The smallest absolute Gasteiger partial charge is 0.256 e. The molecule has 0 saturated heterocycles. The summed E-state index contributed by atoms with van der Waals surface area (Å²) in [5.41, 5.74) is 0.759. The molecule has 1 fully saturated rings. The highest BCUT2D eigenvalue weighted by Crippen LogP contribution is 2.37. The van der Waals surface area contributed by atoms with Gasteiger partial charge >= 0.3 is 0 Å². The van der Waals surface area contributed by atoms with Crippen LogP contribution in [0.3, 0.4) is 0 Å².